The molecule has 0 bridgehead atoms. The Labute approximate surface area is 307 Å². The Morgan fingerprint density at radius 3 is 2.22 bits per heavy atom. The predicted molar refractivity (Wildman–Crippen MR) is 191 cm³/mol. The zero-order chi connectivity index (χ0) is 34.5. The molecule has 7 nitrogen and oxygen atoms in total. The van der Waals surface area contributed by atoms with Gasteiger partial charge in [0.2, 0.25) is 0 Å². The van der Waals surface area contributed by atoms with Gasteiger partial charge in [-0.05, 0) is 78.7 Å². The second-order valence-corrected chi connectivity index (χ2v) is 12.8. The molecule has 3 atom stereocenters. The fraction of sp³-hybridized carbons (Fsp3) is 0.214. The molecule has 0 aliphatic carbocycles. The van der Waals surface area contributed by atoms with Crippen molar-refractivity contribution >= 4 is 29.0 Å². The molecule has 9 heteroatoms. The van der Waals surface area contributed by atoms with E-state index in [9.17, 15) is 19.4 Å². The summed E-state index contributed by atoms with van der Waals surface area (Å²) >= 11 is 0. The SMILES string of the molecule is O=C([O-])[C@@H](N=C(c1ccccc1)c1ccccc1N=C([O-])[C@@H]1CCCN1Cc1ccccc1)[C@@H]1c2ccccc2CCN1c1ccc(F)cc1.[Ni+2]. The number of benzene rings is 5. The number of likely N-dealkylation sites (tertiary alicyclic amines) is 1. The molecule has 5 aromatic rings. The summed E-state index contributed by atoms with van der Waals surface area (Å²) in [6.45, 7) is 1.97. The van der Waals surface area contributed by atoms with E-state index in [1.54, 1.807) is 18.2 Å². The zero-order valence-electron chi connectivity index (χ0n) is 27.9. The van der Waals surface area contributed by atoms with Crippen LogP contribution in [0.3, 0.4) is 0 Å². The molecule has 7 rings (SSSR count). The minimum absolute atomic E-state index is 0. The summed E-state index contributed by atoms with van der Waals surface area (Å²) in [4.78, 5) is 27.1. The number of nitrogens with zero attached hydrogens (tertiary/aromatic N) is 4. The van der Waals surface area contributed by atoms with Gasteiger partial charge in [0.1, 0.15) is 11.9 Å². The number of para-hydroxylation sites is 1. The maximum atomic E-state index is 14.0. The summed E-state index contributed by atoms with van der Waals surface area (Å²) in [5, 5.41) is 27.2. The molecule has 1 saturated heterocycles. The average molecular weight is 723 g/mol. The molecular weight excluding hydrogens is 686 g/mol. The van der Waals surface area contributed by atoms with Gasteiger partial charge in [0.25, 0.3) is 0 Å². The molecule has 260 valence electrons. The third-order valence-electron chi connectivity index (χ3n) is 9.61. The number of hydrogen-bond donors (Lipinski definition) is 0. The van der Waals surface area contributed by atoms with E-state index in [1.807, 2.05) is 95.9 Å². The number of carboxylic acid groups (broad SMARTS) is 1. The largest absolute Gasteiger partial charge is 2.00 e. The van der Waals surface area contributed by atoms with Crippen LogP contribution in [0.2, 0.25) is 0 Å². The summed E-state index contributed by atoms with van der Waals surface area (Å²) in [5.74, 6) is -1.96. The Bertz CT molecular complexity index is 2010. The number of aliphatic carboxylic acids is 1. The molecule has 0 amide bonds. The first kappa shape index (κ1) is 35.7. The maximum absolute atomic E-state index is 14.0. The van der Waals surface area contributed by atoms with Crippen molar-refractivity contribution in [3.05, 3.63) is 167 Å². The number of carboxylic acids is 1. The Kier molecular flexibility index (Phi) is 11.4. The number of rotatable bonds is 10. The quantitative estimate of drug-likeness (QED) is 0.106. The van der Waals surface area contributed by atoms with E-state index in [2.05, 4.69) is 22.0 Å². The third-order valence-corrected chi connectivity index (χ3v) is 9.61. The molecule has 5 aromatic carbocycles. The number of carbonyl (C=O) groups is 1. The van der Waals surface area contributed by atoms with Crippen molar-refractivity contribution in [3.8, 4) is 0 Å². The van der Waals surface area contributed by atoms with E-state index >= 15 is 0 Å². The van der Waals surface area contributed by atoms with Crippen LogP contribution in [0.15, 0.2) is 143 Å². The molecule has 0 aromatic heterocycles. The van der Waals surface area contributed by atoms with Crippen LogP contribution in [-0.4, -0.2) is 47.7 Å². The molecule has 0 saturated carbocycles. The van der Waals surface area contributed by atoms with Gasteiger partial charge in [-0.2, -0.15) is 0 Å². The Balaban J connectivity index is 0.00000448. The molecule has 0 radical (unpaired) electrons. The summed E-state index contributed by atoms with van der Waals surface area (Å²) in [5.41, 5.74) is 5.70. The summed E-state index contributed by atoms with van der Waals surface area (Å²) in [6, 6.07) is 38.1. The van der Waals surface area contributed by atoms with Crippen molar-refractivity contribution in [1.82, 2.24) is 4.90 Å². The summed E-state index contributed by atoms with van der Waals surface area (Å²) in [7, 11) is 0. The van der Waals surface area contributed by atoms with Gasteiger partial charge >= 0.3 is 16.5 Å². The molecule has 0 spiro atoms. The standard InChI is InChI=1S/C42H39FN4O3.Ni/c43-32-21-23-33(24-22-32)47-27-25-30-14-7-8-17-34(30)40(47)39(42(49)50)45-38(31-15-5-2-6-16-31)35-18-9-10-19-36(35)44-41(48)37-20-11-26-46(37)28-29-12-3-1-4-13-29;/h1-10,12-19,21-24,37,39-40H,11,20,25-28H2,(H,44,48)(H,49,50);/q;+2/p-2/t37-,39-,40-;/m0./s1. The van der Waals surface area contributed by atoms with Crippen LogP contribution in [0.25, 0.3) is 0 Å². The minimum atomic E-state index is -1.36. The van der Waals surface area contributed by atoms with E-state index in [0.29, 0.717) is 54.1 Å². The van der Waals surface area contributed by atoms with Crippen molar-refractivity contribution in [3.63, 3.8) is 0 Å². The van der Waals surface area contributed by atoms with Gasteiger partial charge in [0.05, 0.1) is 23.4 Å². The van der Waals surface area contributed by atoms with Crippen molar-refractivity contribution in [1.29, 1.82) is 0 Å². The van der Waals surface area contributed by atoms with Crippen LogP contribution >= 0.6 is 0 Å². The first-order valence-corrected chi connectivity index (χ1v) is 17.0. The second kappa shape index (κ2) is 16.3. The fourth-order valence-corrected chi connectivity index (χ4v) is 7.23. The van der Waals surface area contributed by atoms with E-state index in [0.717, 1.165) is 29.7 Å². The number of anilines is 1. The van der Waals surface area contributed by atoms with Gasteiger partial charge in [-0.25, -0.2) is 4.39 Å². The summed E-state index contributed by atoms with van der Waals surface area (Å²) < 4.78 is 14.0. The van der Waals surface area contributed by atoms with Crippen molar-refractivity contribution in [2.24, 2.45) is 9.98 Å². The smallest absolute Gasteiger partial charge is 0.861 e. The monoisotopic (exact) mass is 722 g/mol. The van der Waals surface area contributed by atoms with Gasteiger partial charge in [0, 0.05) is 35.9 Å². The van der Waals surface area contributed by atoms with Gasteiger partial charge in [0.15, 0.2) is 0 Å². The van der Waals surface area contributed by atoms with Crippen molar-refractivity contribution in [2.45, 2.75) is 43.9 Å². The normalized spacial score (nSPS) is 18.5. The van der Waals surface area contributed by atoms with Crippen LogP contribution in [0.5, 0.6) is 0 Å². The Morgan fingerprint density at radius 1 is 0.804 bits per heavy atom. The van der Waals surface area contributed by atoms with Crippen LogP contribution in [0, 0.1) is 5.82 Å². The topological polar surface area (TPSA) is 94.4 Å². The number of halogens is 1. The number of fused-ring (bicyclic) bond motifs is 1. The number of carbonyl (C=O) groups excluding carboxylic acids is 1. The minimum Gasteiger partial charge on any atom is -0.861 e. The molecule has 0 N–H and O–H groups in total. The summed E-state index contributed by atoms with van der Waals surface area (Å²) in [6.07, 6.45) is 2.30. The Hall–Kier alpha value is -5.11. The fourth-order valence-electron chi connectivity index (χ4n) is 7.23. The van der Waals surface area contributed by atoms with Gasteiger partial charge in [-0.3, -0.25) is 14.9 Å². The molecule has 1 fully saturated rings. The zero-order valence-corrected chi connectivity index (χ0v) is 28.9. The van der Waals surface area contributed by atoms with Gasteiger partial charge < -0.3 is 19.9 Å². The number of hydrogen-bond acceptors (Lipinski definition) is 7. The van der Waals surface area contributed by atoms with Crippen LogP contribution in [0.1, 0.15) is 46.7 Å². The van der Waals surface area contributed by atoms with Gasteiger partial charge in [-0.1, -0.05) is 103 Å². The van der Waals surface area contributed by atoms with Crippen molar-refractivity contribution < 1.29 is 35.9 Å². The van der Waals surface area contributed by atoms with Crippen molar-refractivity contribution in [2.75, 3.05) is 18.0 Å². The Morgan fingerprint density at radius 2 is 1.47 bits per heavy atom. The molecule has 2 aliphatic heterocycles. The second-order valence-electron chi connectivity index (χ2n) is 12.8. The molecular formula is C42H37FN4NiO3. The van der Waals surface area contributed by atoms with E-state index < -0.39 is 18.1 Å². The predicted octanol–water partition coefficient (Wildman–Crippen LogP) is 5.64. The van der Waals surface area contributed by atoms with Crippen LogP contribution in [0.4, 0.5) is 15.8 Å². The molecule has 2 aliphatic rings. The average Bonchev–Trinajstić information content (AvgIpc) is 3.61. The first-order valence-electron chi connectivity index (χ1n) is 17.0. The van der Waals surface area contributed by atoms with E-state index in [-0.39, 0.29) is 34.2 Å². The van der Waals surface area contributed by atoms with Crippen LogP contribution < -0.4 is 15.1 Å². The molecule has 51 heavy (non-hydrogen) atoms. The van der Waals surface area contributed by atoms with E-state index in [4.69, 9.17) is 4.99 Å². The maximum Gasteiger partial charge on any atom is 2.00 e. The third kappa shape index (κ3) is 7.96. The number of aliphatic imine (C=N–C) groups is 2. The molecule has 0 unspecified atom stereocenters. The van der Waals surface area contributed by atoms with Gasteiger partial charge in [-0.15, -0.1) is 0 Å². The van der Waals surface area contributed by atoms with E-state index in [1.165, 1.54) is 12.1 Å². The molecule has 2 heterocycles. The van der Waals surface area contributed by atoms with Crippen LogP contribution in [-0.2, 0) is 34.3 Å². The first-order chi connectivity index (χ1) is 24.5.